The number of aliphatic hydroxyl groups is 1. The summed E-state index contributed by atoms with van der Waals surface area (Å²) in [6.07, 6.45) is 4.76. The molecule has 0 aliphatic rings. The van der Waals surface area contributed by atoms with E-state index in [1.807, 2.05) is 32.3 Å². The molecular formula is C15H27NO2. The average Bonchev–Trinajstić information content (AvgIpc) is 2.75. The zero-order valence-corrected chi connectivity index (χ0v) is 12.1. The van der Waals surface area contributed by atoms with E-state index in [9.17, 15) is 5.11 Å². The Morgan fingerprint density at radius 3 is 2.56 bits per heavy atom. The molecule has 0 saturated heterocycles. The Balaban J connectivity index is 2.27. The molecule has 0 amide bonds. The van der Waals surface area contributed by atoms with Crippen LogP contribution in [0.4, 0.5) is 0 Å². The molecule has 0 aliphatic carbocycles. The van der Waals surface area contributed by atoms with Crippen LogP contribution in [0, 0.1) is 11.8 Å². The molecule has 1 unspecified atom stereocenters. The van der Waals surface area contributed by atoms with E-state index in [0.29, 0.717) is 5.92 Å². The summed E-state index contributed by atoms with van der Waals surface area (Å²) in [5, 5.41) is 9.94. The van der Waals surface area contributed by atoms with E-state index in [1.165, 1.54) is 0 Å². The molecule has 1 aromatic rings. The van der Waals surface area contributed by atoms with Gasteiger partial charge in [0.1, 0.15) is 0 Å². The summed E-state index contributed by atoms with van der Waals surface area (Å²) in [5.41, 5.74) is 0.993. The highest BCUT2D eigenvalue weighted by Crippen LogP contribution is 2.21. The Bertz CT molecular complexity index is 331. The number of ether oxygens (including phenoxy) is 1. The molecule has 0 aromatic carbocycles. The highest BCUT2D eigenvalue weighted by Gasteiger charge is 2.12. The topological polar surface area (TPSA) is 34.4 Å². The van der Waals surface area contributed by atoms with Crippen molar-refractivity contribution < 1.29 is 9.84 Å². The molecule has 0 aliphatic heterocycles. The third-order valence-corrected chi connectivity index (χ3v) is 3.08. The minimum absolute atomic E-state index is 0.253. The van der Waals surface area contributed by atoms with E-state index in [1.54, 1.807) is 0 Å². The van der Waals surface area contributed by atoms with E-state index in [0.717, 1.165) is 31.7 Å². The molecule has 1 N–H and O–H groups in total. The van der Waals surface area contributed by atoms with Gasteiger partial charge in [0.15, 0.2) is 0 Å². The number of hydrogen-bond donors (Lipinski definition) is 1. The predicted molar refractivity (Wildman–Crippen MR) is 74.5 cm³/mol. The molecule has 3 heteroatoms. The molecule has 1 rings (SSSR count). The summed E-state index contributed by atoms with van der Waals surface area (Å²) in [6.45, 7) is 10.9. The minimum atomic E-state index is -0.367. The van der Waals surface area contributed by atoms with Crippen LogP contribution in [0.5, 0.6) is 0 Å². The highest BCUT2D eigenvalue weighted by atomic mass is 16.5. The Hall–Kier alpha value is -0.800. The second-order valence-electron chi connectivity index (χ2n) is 5.67. The van der Waals surface area contributed by atoms with Gasteiger partial charge in [-0.05, 0) is 29.9 Å². The largest absolute Gasteiger partial charge is 0.388 e. The number of aliphatic hydroxyl groups excluding tert-OH is 1. The van der Waals surface area contributed by atoms with Crippen LogP contribution in [0.1, 0.15) is 45.8 Å². The summed E-state index contributed by atoms with van der Waals surface area (Å²) < 4.78 is 7.66. The van der Waals surface area contributed by atoms with Crippen LogP contribution in [0.15, 0.2) is 18.5 Å². The van der Waals surface area contributed by atoms with Crippen molar-refractivity contribution in [1.82, 2.24) is 4.57 Å². The summed E-state index contributed by atoms with van der Waals surface area (Å²) in [7, 11) is 0. The first kappa shape index (κ1) is 15.3. The Kier molecular flexibility index (Phi) is 6.44. The molecule has 1 atom stereocenters. The Morgan fingerprint density at radius 2 is 1.94 bits per heavy atom. The van der Waals surface area contributed by atoms with Crippen LogP contribution in [-0.4, -0.2) is 22.9 Å². The normalized spacial score (nSPS) is 13.5. The molecule has 0 saturated carbocycles. The van der Waals surface area contributed by atoms with Crippen LogP contribution in [0.3, 0.4) is 0 Å². The van der Waals surface area contributed by atoms with Crippen molar-refractivity contribution in [2.24, 2.45) is 11.8 Å². The van der Waals surface area contributed by atoms with Crippen molar-refractivity contribution >= 4 is 0 Å². The highest BCUT2D eigenvalue weighted by molar-refractivity contribution is 5.14. The zero-order valence-electron chi connectivity index (χ0n) is 12.1. The van der Waals surface area contributed by atoms with Gasteiger partial charge in [0.05, 0.1) is 12.7 Å². The van der Waals surface area contributed by atoms with Gasteiger partial charge in [-0.2, -0.15) is 0 Å². The van der Waals surface area contributed by atoms with Crippen molar-refractivity contribution in [1.29, 1.82) is 0 Å². The van der Waals surface area contributed by atoms with Crippen LogP contribution in [-0.2, 0) is 11.3 Å². The zero-order chi connectivity index (χ0) is 13.5. The van der Waals surface area contributed by atoms with Gasteiger partial charge in [-0.15, -0.1) is 0 Å². The quantitative estimate of drug-likeness (QED) is 0.722. The lowest BCUT2D eigenvalue weighted by atomic mass is 10.0. The lowest BCUT2D eigenvalue weighted by Gasteiger charge is -2.12. The lowest BCUT2D eigenvalue weighted by Crippen LogP contribution is -2.07. The molecular weight excluding hydrogens is 226 g/mol. The summed E-state index contributed by atoms with van der Waals surface area (Å²) in [6, 6.07) is 1.98. The molecule has 0 spiro atoms. The Labute approximate surface area is 111 Å². The monoisotopic (exact) mass is 253 g/mol. The molecule has 1 heterocycles. The van der Waals surface area contributed by atoms with E-state index in [2.05, 4.69) is 18.4 Å². The van der Waals surface area contributed by atoms with Crippen LogP contribution in [0.25, 0.3) is 0 Å². The number of aromatic nitrogens is 1. The fraction of sp³-hybridized carbons (Fsp3) is 0.733. The molecule has 0 fully saturated rings. The summed E-state index contributed by atoms with van der Waals surface area (Å²) >= 11 is 0. The van der Waals surface area contributed by atoms with Gasteiger partial charge >= 0.3 is 0 Å². The maximum atomic E-state index is 9.94. The van der Waals surface area contributed by atoms with E-state index in [4.69, 9.17) is 4.74 Å². The van der Waals surface area contributed by atoms with E-state index >= 15 is 0 Å². The van der Waals surface area contributed by atoms with Crippen molar-refractivity contribution in [3.05, 3.63) is 24.0 Å². The smallest absolute Gasteiger partial charge is 0.0827 e. The fourth-order valence-corrected chi connectivity index (χ4v) is 1.75. The number of hydrogen-bond acceptors (Lipinski definition) is 2. The molecule has 18 heavy (non-hydrogen) atoms. The first-order chi connectivity index (χ1) is 8.50. The van der Waals surface area contributed by atoms with E-state index < -0.39 is 0 Å². The number of rotatable bonds is 8. The second-order valence-corrected chi connectivity index (χ2v) is 5.67. The SMILES string of the molecule is CC(C)CCOCCn1ccc(C(O)C(C)C)c1. The van der Waals surface area contributed by atoms with Crippen LogP contribution in [0.2, 0.25) is 0 Å². The Morgan fingerprint density at radius 1 is 1.22 bits per heavy atom. The summed E-state index contributed by atoms with van der Waals surface area (Å²) in [5.74, 6) is 0.951. The predicted octanol–water partition coefficient (Wildman–Crippen LogP) is 3.24. The third kappa shape index (κ3) is 5.23. The van der Waals surface area contributed by atoms with Gasteiger partial charge in [0.25, 0.3) is 0 Å². The van der Waals surface area contributed by atoms with Crippen molar-refractivity contribution in [3.8, 4) is 0 Å². The van der Waals surface area contributed by atoms with E-state index in [-0.39, 0.29) is 12.0 Å². The minimum Gasteiger partial charge on any atom is -0.388 e. The van der Waals surface area contributed by atoms with Gasteiger partial charge in [-0.3, -0.25) is 0 Å². The van der Waals surface area contributed by atoms with Crippen molar-refractivity contribution in [2.75, 3.05) is 13.2 Å². The molecule has 3 nitrogen and oxygen atoms in total. The molecule has 0 radical (unpaired) electrons. The molecule has 1 aromatic heterocycles. The van der Waals surface area contributed by atoms with Crippen LogP contribution < -0.4 is 0 Å². The lowest BCUT2D eigenvalue weighted by molar-refractivity contribution is 0.115. The first-order valence-electron chi connectivity index (χ1n) is 6.92. The van der Waals surface area contributed by atoms with Crippen molar-refractivity contribution in [2.45, 2.75) is 46.8 Å². The van der Waals surface area contributed by atoms with Gasteiger partial charge < -0.3 is 14.4 Å². The number of nitrogens with zero attached hydrogens (tertiary/aromatic N) is 1. The summed E-state index contributed by atoms with van der Waals surface area (Å²) in [4.78, 5) is 0. The molecule has 104 valence electrons. The first-order valence-corrected chi connectivity index (χ1v) is 6.92. The molecule has 0 bridgehead atoms. The van der Waals surface area contributed by atoms with Gasteiger partial charge in [-0.1, -0.05) is 27.7 Å². The maximum absolute atomic E-state index is 9.94. The maximum Gasteiger partial charge on any atom is 0.0827 e. The van der Waals surface area contributed by atoms with Crippen molar-refractivity contribution in [3.63, 3.8) is 0 Å². The third-order valence-electron chi connectivity index (χ3n) is 3.08. The van der Waals surface area contributed by atoms with Gasteiger partial charge in [-0.25, -0.2) is 0 Å². The van der Waals surface area contributed by atoms with Crippen LogP contribution >= 0.6 is 0 Å². The van der Waals surface area contributed by atoms with Gasteiger partial charge in [0.2, 0.25) is 0 Å². The standard InChI is InChI=1S/C15H27NO2/c1-12(2)6-9-18-10-8-16-7-5-14(11-16)15(17)13(3)4/h5,7,11-13,15,17H,6,8-10H2,1-4H3. The van der Waals surface area contributed by atoms with Gasteiger partial charge in [0, 0.05) is 25.5 Å². The second kappa shape index (κ2) is 7.59. The fourth-order valence-electron chi connectivity index (χ4n) is 1.75. The average molecular weight is 253 g/mol.